The lowest BCUT2D eigenvalue weighted by molar-refractivity contribution is -0.171. The summed E-state index contributed by atoms with van der Waals surface area (Å²) in [6, 6.07) is 0. The van der Waals surface area contributed by atoms with Gasteiger partial charge in [-0.2, -0.15) is 0 Å². The van der Waals surface area contributed by atoms with Crippen molar-refractivity contribution in [2.45, 2.75) is 19.6 Å². The number of nitrogens with zero attached hydrogens (tertiary/aromatic N) is 1. The molecule has 0 aromatic heterocycles. The maximum Gasteiger partial charge on any atom is 0.322 e. The van der Waals surface area contributed by atoms with Crippen LogP contribution in [0, 0.1) is 0 Å². The Morgan fingerprint density at radius 2 is 2.11 bits per heavy atom. The molecule has 0 N–H and O–H groups in total. The van der Waals surface area contributed by atoms with E-state index in [2.05, 4.69) is 4.99 Å². The Kier molecular flexibility index (Phi) is 1.98. The second-order valence-electron chi connectivity index (χ2n) is 4.03. The molecule has 92 valence electrons. The van der Waals surface area contributed by atoms with E-state index in [1.807, 2.05) is 0 Å². The fourth-order valence-electron chi connectivity index (χ4n) is 2.15. The Morgan fingerprint density at radius 1 is 1.33 bits per heavy atom. The number of rotatable bonds is 2. The van der Waals surface area contributed by atoms with Crippen LogP contribution in [0.25, 0.3) is 0 Å². The van der Waals surface area contributed by atoms with E-state index < -0.39 is 17.7 Å². The Hall–Kier alpha value is -2.37. The molecule has 0 radical (unpaired) electrons. The summed E-state index contributed by atoms with van der Waals surface area (Å²) in [6.07, 6.45) is 4.65. The zero-order chi connectivity index (χ0) is 12.9. The van der Waals surface area contributed by atoms with Crippen LogP contribution < -0.4 is 0 Å². The molecule has 18 heavy (non-hydrogen) atoms. The van der Waals surface area contributed by atoms with Gasteiger partial charge in [0, 0.05) is 25.6 Å². The Labute approximate surface area is 102 Å². The number of fused-ring (bicyclic) bond motifs is 1. The largest absolute Gasteiger partial charge is 0.439 e. The number of carbonyl (C=O) groups excluding carboxylic acids is 2. The molecule has 0 aromatic carbocycles. The molecule has 0 spiro atoms. The fraction of sp³-hybridized carbons (Fsp3) is 0.250. The summed E-state index contributed by atoms with van der Waals surface area (Å²) in [7, 11) is 0. The van der Waals surface area contributed by atoms with Crippen LogP contribution in [0.15, 0.2) is 39.9 Å². The van der Waals surface area contributed by atoms with Crippen molar-refractivity contribution in [3.63, 3.8) is 0 Å². The van der Waals surface area contributed by atoms with Gasteiger partial charge >= 0.3 is 17.7 Å². The first-order valence-electron chi connectivity index (χ1n) is 5.30. The molecule has 3 aliphatic rings. The third-order valence-electron chi connectivity index (χ3n) is 2.64. The number of aliphatic imine (C=N–C) groups is 1. The molecule has 0 fully saturated rings. The third-order valence-corrected chi connectivity index (χ3v) is 2.64. The van der Waals surface area contributed by atoms with Crippen molar-refractivity contribution in [1.29, 1.82) is 0 Å². The average molecular weight is 247 g/mol. The van der Waals surface area contributed by atoms with Crippen LogP contribution in [0.2, 0.25) is 0 Å². The zero-order valence-corrected chi connectivity index (χ0v) is 9.72. The highest BCUT2D eigenvalue weighted by atomic mass is 16.7. The molecular formula is C12H9NO5. The molecule has 0 saturated heterocycles. The van der Waals surface area contributed by atoms with Crippen molar-refractivity contribution in [2.24, 2.45) is 4.99 Å². The predicted molar refractivity (Wildman–Crippen MR) is 59.0 cm³/mol. The second kappa shape index (κ2) is 3.32. The molecular weight excluding hydrogens is 238 g/mol. The zero-order valence-electron chi connectivity index (χ0n) is 9.72. The number of esters is 2. The Balaban J connectivity index is 2.09. The molecule has 6 heteroatoms. The van der Waals surface area contributed by atoms with Crippen LogP contribution >= 0.6 is 0 Å². The summed E-state index contributed by atoms with van der Waals surface area (Å²) in [4.78, 5) is 26.2. The van der Waals surface area contributed by atoms with Crippen LogP contribution in [0.5, 0.6) is 0 Å². The standard InChI is InChI=1S/C12H9NO5/c1-6(14)16-11-9-3-8-4-13-5-12(18-9,10(8)11)17-7(2)15/h3-5H,1-2H3. The quantitative estimate of drug-likeness (QED) is 0.679. The maximum atomic E-state index is 11.2. The van der Waals surface area contributed by atoms with E-state index in [4.69, 9.17) is 14.2 Å². The number of allylic oxidation sites excluding steroid dienone is 1. The van der Waals surface area contributed by atoms with E-state index in [1.54, 1.807) is 12.3 Å². The molecule has 2 heterocycles. The lowest BCUT2D eigenvalue weighted by Crippen LogP contribution is -2.41. The van der Waals surface area contributed by atoms with Crippen LogP contribution in [0.1, 0.15) is 13.8 Å². The van der Waals surface area contributed by atoms with Crippen LogP contribution in [-0.2, 0) is 23.8 Å². The smallest absolute Gasteiger partial charge is 0.322 e. The SMILES string of the molecule is CC(=O)OC1=C2C3=CN=CC2(OC(C)=O)OC1=C3. The number of carbonyl (C=O) groups is 2. The topological polar surface area (TPSA) is 74.2 Å². The van der Waals surface area contributed by atoms with Gasteiger partial charge in [0.2, 0.25) is 0 Å². The molecule has 0 aromatic rings. The molecule has 6 nitrogen and oxygen atoms in total. The highest BCUT2D eigenvalue weighted by molar-refractivity contribution is 5.87. The minimum atomic E-state index is -1.38. The van der Waals surface area contributed by atoms with Crippen molar-refractivity contribution < 1.29 is 23.8 Å². The van der Waals surface area contributed by atoms with Gasteiger partial charge in [0.05, 0.1) is 11.8 Å². The molecule has 1 aliphatic carbocycles. The van der Waals surface area contributed by atoms with Crippen molar-refractivity contribution in [2.75, 3.05) is 0 Å². The number of hydrogen-bond donors (Lipinski definition) is 0. The minimum Gasteiger partial charge on any atom is -0.439 e. The van der Waals surface area contributed by atoms with Gasteiger partial charge in [0.25, 0.3) is 0 Å². The molecule has 3 rings (SSSR count). The Morgan fingerprint density at radius 3 is 2.78 bits per heavy atom. The van der Waals surface area contributed by atoms with Gasteiger partial charge in [-0.1, -0.05) is 0 Å². The first kappa shape index (κ1) is 10.8. The lowest BCUT2D eigenvalue weighted by Gasteiger charge is -2.30. The summed E-state index contributed by atoms with van der Waals surface area (Å²) in [5, 5.41) is 0. The van der Waals surface area contributed by atoms with Gasteiger partial charge in [0.1, 0.15) is 0 Å². The van der Waals surface area contributed by atoms with E-state index in [0.717, 1.165) is 5.57 Å². The first-order chi connectivity index (χ1) is 8.52. The van der Waals surface area contributed by atoms with E-state index in [9.17, 15) is 9.59 Å². The van der Waals surface area contributed by atoms with E-state index in [1.165, 1.54) is 20.1 Å². The third kappa shape index (κ3) is 1.32. The van der Waals surface area contributed by atoms with Crippen molar-refractivity contribution >= 4 is 18.2 Å². The highest BCUT2D eigenvalue weighted by Gasteiger charge is 2.55. The summed E-state index contributed by atoms with van der Waals surface area (Å²) in [5.74, 6) is -1.69. The van der Waals surface area contributed by atoms with Crippen molar-refractivity contribution in [1.82, 2.24) is 0 Å². The van der Waals surface area contributed by atoms with Crippen LogP contribution in [0.3, 0.4) is 0 Å². The number of hydrogen-bond acceptors (Lipinski definition) is 6. The maximum absolute atomic E-state index is 11.2. The highest BCUT2D eigenvalue weighted by Crippen LogP contribution is 2.50. The van der Waals surface area contributed by atoms with E-state index in [0.29, 0.717) is 17.1 Å². The first-order valence-corrected chi connectivity index (χ1v) is 5.30. The number of ether oxygens (including phenoxy) is 3. The normalized spacial score (nSPS) is 26.6. The summed E-state index contributed by atoms with van der Waals surface area (Å²) < 4.78 is 15.8. The summed E-state index contributed by atoms with van der Waals surface area (Å²) >= 11 is 0. The van der Waals surface area contributed by atoms with E-state index in [-0.39, 0.29) is 0 Å². The average Bonchev–Trinajstić information content (AvgIpc) is 2.68. The van der Waals surface area contributed by atoms with Gasteiger partial charge in [-0.25, -0.2) is 0 Å². The predicted octanol–water partition coefficient (Wildman–Crippen LogP) is 0.959. The summed E-state index contributed by atoms with van der Waals surface area (Å²) in [5.41, 5.74) is 1.23. The van der Waals surface area contributed by atoms with Gasteiger partial charge < -0.3 is 14.2 Å². The fourth-order valence-corrected chi connectivity index (χ4v) is 2.15. The van der Waals surface area contributed by atoms with Crippen molar-refractivity contribution in [3.8, 4) is 0 Å². The molecule has 0 amide bonds. The lowest BCUT2D eigenvalue weighted by atomic mass is 9.99. The molecule has 2 aliphatic heterocycles. The molecule has 2 bridgehead atoms. The monoisotopic (exact) mass is 247 g/mol. The molecule has 1 unspecified atom stereocenters. The summed E-state index contributed by atoms with van der Waals surface area (Å²) in [6.45, 7) is 2.57. The molecule has 1 atom stereocenters. The van der Waals surface area contributed by atoms with Crippen LogP contribution in [0.4, 0.5) is 0 Å². The minimum absolute atomic E-state index is 0.293. The van der Waals surface area contributed by atoms with Gasteiger partial charge in [0.15, 0.2) is 11.5 Å². The van der Waals surface area contributed by atoms with Crippen molar-refractivity contribution in [3.05, 3.63) is 34.9 Å². The van der Waals surface area contributed by atoms with Gasteiger partial charge in [-0.3, -0.25) is 14.6 Å². The van der Waals surface area contributed by atoms with E-state index >= 15 is 0 Å². The van der Waals surface area contributed by atoms with Gasteiger partial charge in [-0.15, -0.1) is 0 Å². The second-order valence-corrected chi connectivity index (χ2v) is 4.03. The van der Waals surface area contributed by atoms with Crippen LogP contribution in [-0.4, -0.2) is 23.9 Å². The molecule has 0 saturated carbocycles. The van der Waals surface area contributed by atoms with Gasteiger partial charge in [-0.05, 0) is 6.08 Å². The Bertz CT molecular complexity index is 596.